The van der Waals surface area contributed by atoms with E-state index in [0.717, 1.165) is 33.8 Å². The topological polar surface area (TPSA) is 166 Å². The van der Waals surface area contributed by atoms with Crippen molar-refractivity contribution in [1.29, 1.82) is 0 Å². The van der Waals surface area contributed by atoms with Gasteiger partial charge in [-0.15, -0.1) is 0 Å². The van der Waals surface area contributed by atoms with E-state index in [2.05, 4.69) is 25.9 Å². The zero-order valence-corrected chi connectivity index (χ0v) is 36.1. The van der Waals surface area contributed by atoms with Crippen molar-refractivity contribution in [3.05, 3.63) is 120 Å². The van der Waals surface area contributed by atoms with E-state index < -0.39 is 53.1 Å². The first-order valence-corrected chi connectivity index (χ1v) is 20.6. The fourth-order valence-electron chi connectivity index (χ4n) is 7.70. The Morgan fingerprint density at radius 3 is 2.08 bits per heavy atom. The molecule has 60 heavy (non-hydrogen) atoms. The number of aromatic nitrogens is 2. The molecule has 320 valence electrons. The summed E-state index contributed by atoms with van der Waals surface area (Å²) >= 11 is 0. The summed E-state index contributed by atoms with van der Waals surface area (Å²) in [5, 5.41) is 21.1. The second-order valence-electron chi connectivity index (χ2n) is 17.8. The van der Waals surface area contributed by atoms with Crippen LogP contribution in [0, 0.1) is 17.8 Å². The fourth-order valence-corrected chi connectivity index (χ4v) is 7.70. The van der Waals surface area contributed by atoms with Crippen LogP contribution >= 0.6 is 0 Å². The Kier molecular flexibility index (Phi) is 15.1. The van der Waals surface area contributed by atoms with Crippen molar-refractivity contribution in [2.45, 2.75) is 105 Å². The highest BCUT2D eigenvalue weighted by atomic mass is 16.5. The molecule has 0 radical (unpaired) electrons. The number of methoxy groups -OCH3 is 1. The number of urea groups is 1. The molecule has 13 heteroatoms. The van der Waals surface area contributed by atoms with Gasteiger partial charge in [0, 0.05) is 36.6 Å². The van der Waals surface area contributed by atoms with Crippen LogP contribution in [-0.2, 0) is 33.7 Å². The first kappa shape index (κ1) is 45.3. The Hall–Kier alpha value is -5.82. The highest BCUT2D eigenvalue weighted by Gasteiger charge is 2.44. The van der Waals surface area contributed by atoms with Crippen molar-refractivity contribution in [3.8, 4) is 11.3 Å². The minimum atomic E-state index is -1.16. The minimum absolute atomic E-state index is 0.0676. The molecule has 13 nitrogen and oxygen atoms in total. The molecule has 5 atom stereocenters. The molecule has 0 aliphatic carbocycles. The number of carbonyl (C=O) groups excluding carboxylic acids is 4. The van der Waals surface area contributed by atoms with E-state index in [0.29, 0.717) is 26.1 Å². The van der Waals surface area contributed by atoms with E-state index >= 15 is 0 Å². The van der Waals surface area contributed by atoms with Crippen molar-refractivity contribution < 1.29 is 29.0 Å². The zero-order valence-electron chi connectivity index (χ0n) is 36.1. The number of aliphatic hydroxyl groups excluding tert-OH is 1. The number of hydrogen-bond donors (Lipinski definition) is 4. The normalized spacial score (nSPS) is 15.7. The van der Waals surface area contributed by atoms with Gasteiger partial charge in [0.25, 0.3) is 0 Å². The second kappa shape index (κ2) is 20.0. The Balaban J connectivity index is 1.42. The maximum absolute atomic E-state index is 14.6. The third-order valence-corrected chi connectivity index (χ3v) is 10.7. The van der Waals surface area contributed by atoms with Crippen molar-refractivity contribution in [2.24, 2.45) is 10.8 Å². The maximum atomic E-state index is 14.6. The molecule has 5 rings (SSSR count). The van der Waals surface area contributed by atoms with E-state index in [-0.39, 0.29) is 24.8 Å². The summed E-state index contributed by atoms with van der Waals surface area (Å²) in [7, 11) is 1.23. The molecule has 3 heterocycles. The summed E-state index contributed by atoms with van der Waals surface area (Å²) in [5.74, 6) is -0.822. The largest absolute Gasteiger partial charge is 0.453 e. The zero-order chi connectivity index (χ0) is 43.6. The van der Waals surface area contributed by atoms with Crippen LogP contribution < -0.4 is 16.0 Å². The van der Waals surface area contributed by atoms with E-state index in [1.165, 1.54) is 7.11 Å². The average molecular weight is 820 g/mol. The van der Waals surface area contributed by atoms with E-state index in [1.807, 2.05) is 139 Å². The Bertz CT molecular complexity index is 2050. The molecule has 4 aromatic rings. The highest BCUT2D eigenvalue weighted by Crippen LogP contribution is 2.29. The maximum Gasteiger partial charge on any atom is 0.407 e. The quantitative estimate of drug-likeness (QED) is 0.106. The molecule has 2 aromatic heterocycles. The van der Waals surface area contributed by atoms with Gasteiger partial charge in [0.15, 0.2) is 0 Å². The van der Waals surface area contributed by atoms with Crippen LogP contribution in [0.25, 0.3) is 11.3 Å². The molecule has 5 amide bonds. The van der Waals surface area contributed by atoms with E-state index in [9.17, 15) is 24.3 Å². The summed E-state index contributed by atoms with van der Waals surface area (Å²) in [5.41, 5.74) is 3.82. The summed E-state index contributed by atoms with van der Waals surface area (Å²) in [6.45, 7) is 14.4. The first-order chi connectivity index (χ1) is 28.4. The van der Waals surface area contributed by atoms with Gasteiger partial charge in [0.05, 0.1) is 37.2 Å². The lowest BCUT2D eigenvalue weighted by atomic mass is 9.84. The van der Waals surface area contributed by atoms with Crippen LogP contribution in [-0.4, -0.2) is 99.3 Å². The summed E-state index contributed by atoms with van der Waals surface area (Å²) in [6, 6.07) is 25.4. The van der Waals surface area contributed by atoms with Gasteiger partial charge < -0.3 is 35.6 Å². The third kappa shape index (κ3) is 12.4. The number of hydrogen-bond acceptors (Lipinski definition) is 8. The first-order valence-electron chi connectivity index (χ1n) is 20.6. The smallest absolute Gasteiger partial charge is 0.407 e. The molecular weight excluding hydrogens is 759 g/mol. The molecule has 4 N–H and O–H groups in total. The number of nitrogens with zero attached hydrogens (tertiary/aromatic N) is 4. The standard InChI is InChI=1S/C47H61N7O6/c1-31-15-14-18-35(49-31)30-53-25-26-54(45(53)59)41(47(5,6)7)43(57)50-36(27-32-16-10-9-11-17-32)29-39(55)38(51-42(56)40(46(2,3)4)52-44(58)60-8)28-33-20-22-34(23-21-33)37-19-12-13-24-48-37/h9-24,36,38-41,55H,25-30H2,1-8H3,(H,50,57)(H,51,56)(H,52,58)/t36-,38-,39-,40+,41+/m0/s1. The molecule has 1 aliphatic heterocycles. The number of carbonyl (C=O) groups is 4. The van der Waals surface area contributed by atoms with Gasteiger partial charge in [-0.3, -0.25) is 19.6 Å². The lowest BCUT2D eigenvalue weighted by Gasteiger charge is -2.38. The van der Waals surface area contributed by atoms with Crippen LogP contribution in [0.15, 0.2) is 97.2 Å². The van der Waals surface area contributed by atoms with Gasteiger partial charge in [0.1, 0.15) is 12.1 Å². The lowest BCUT2D eigenvalue weighted by molar-refractivity contribution is -0.130. The molecule has 2 aromatic carbocycles. The number of amides is 5. The number of rotatable bonds is 16. The monoisotopic (exact) mass is 819 g/mol. The van der Waals surface area contributed by atoms with Gasteiger partial charge in [-0.25, -0.2) is 9.59 Å². The molecule has 1 saturated heterocycles. The molecular formula is C47H61N7O6. The van der Waals surface area contributed by atoms with Gasteiger partial charge in [-0.05, 0) is 72.4 Å². The summed E-state index contributed by atoms with van der Waals surface area (Å²) in [6.07, 6.45) is 0.518. The molecule has 0 bridgehead atoms. The van der Waals surface area contributed by atoms with E-state index in [1.54, 1.807) is 16.0 Å². The number of benzene rings is 2. The van der Waals surface area contributed by atoms with Gasteiger partial charge in [0.2, 0.25) is 11.8 Å². The summed E-state index contributed by atoms with van der Waals surface area (Å²) < 4.78 is 4.84. The third-order valence-electron chi connectivity index (χ3n) is 10.7. The number of aryl methyl sites for hydroxylation is 1. The van der Waals surface area contributed by atoms with Crippen LogP contribution in [0.5, 0.6) is 0 Å². The van der Waals surface area contributed by atoms with Crippen molar-refractivity contribution in [2.75, 3.05) is 20.2 Å². The Morgan fingerprint density at radius 1 is 0.783 bits per heavy atom. The van der Waals surface area contributed by atoms with Crippen LogP contribution in [0.1, 0.15) is 70.5 Å². The fraction of sp³-hybridized carbons (Fsp3) is 0.447. The molecule has 1 aliphatic rings. The Labute approximate surface area is 354 Å². The highest BCUT2D eigenvalue weighted by molar-refractivity contribution is 5.89. The number of ether oxygens (including phenoxy) is 1. The van der Waals surface area contributed by atoms with Crippen molar-refractivity contribution in [3.63, 3.8) is 0 Å². The number of aliphatic hydroxyl groups is 1. The molecule has 0 unspecified atom stereocenters. The van der Waals surface area contributed by atoms with Crippen LogP contribution in [0.3, 0.4) is 0 Å². The molecule has 0 saturated carbocycles. The number of nitrogens with one attached hydrogen (secondary N) is 3. The summed E-state index contributed by atoms with van der Waals surface area (Å²) in [4.78, 5) is 67.3. The molecule has 1 fully saturated rings. The lowest BCUT2D eigenvalue weighted by Crippen LogP contribution is -2.59. The van der Waals surface area contributed by atoms with Crippen LogP contribution in [0.4, 0.5) is 9.59 Å². The Morgan fingerprint density at radius 2 is 1.47 bits per heavy atom. The predicted molar refractivity (Wildman–Crippen MR) is 232 cm³/mol. The average Bonchev–Trinajstić information content (AvgIpc) is 3.54. The molecule has 0 spiro atoms. The van der Waals surface area contributed by atoms with Crippen molar-refractivity contribution >= 4 is 23.9 Å². The number of pyridine rings is 2. The second-order valence-corrected chi connectivity index (χ2v) is 17.8. The van der Waals surface area contributed by atoms with Gasteiger partial charge in [-0.1, -0.05) is 108 Å². The minimum Gasteiger partial charge on any atom is -0.453 e. The SMILES string of the molecule is COC(=O)N[C@H](C(=O)N[C@@H](Cc1ccc(-c2ccccn2)cc1)[C@@H](O)C[C@H](Cc1ccccc1)NC(=O)[C@@H](N1CCN(Cc2cccc(C)n2)C1=O)C(C)(C)C)C(C)(C)C. The van der Waals surface area contributed by atoms with Gasteiger partial charge >= 0.3 is 12.1 Å². The number of alkyl carbamates (subject to hydrolysis) is 1. The van der Waals surface area contributed by atoms with E-state index in [4.69, 9.17) is 4.74 Å². The van der Waals surface area contributed by atoms with Gasteiger partial charge in [-0.2, -0.15) is 0 Å². The van der Waals surface area contributed by atoms with Crippen LogP contribution in [0.2, 0.25) is 0 Å². The predicted octanol–water partition coefficient (Wildman–Crippen LogP) is 6.08. The van der Waals surface area contributed by atoms with Crippen molar-refractivity contribution in [1.82, 2.24) is 35.7 Å².